The van der Waals surface area contributed by atoms with Crippen molar-refractivity contribution >= 4 is 34.1 Å². The maximum Gasteiger partial charge on any atom is 0.341 e. The van der Waals surface area contributed by atoms with Gasteiger partial charge in [0.15, 0.2) is 5.75 Å². The van der Waals surface area contributed by atoms with Crippen molar-refractivity contribution in [3.05, 3.63) is 80.7 Å². The molecule has 6 rings (SSSR count). The Balaban J connectivity index is 1.39. The number of carbonyl (C=O) groups is 2. The van der Waals surface area contributed by atoms with Crippen LogP contribution in [0.4, 0.5) is 0 Å². The first kappa shape index (κ1) is 24.4. The number of methoxy groups -OCH3 is 1. The minimum atomic E-state index is -1.22. The van der Waals surface area contributed by atoms with Crippen molar-refractivity contribution in [2.45, 2.75) is 50.6 Å². The molecule has 38 heavy (non-hydrogen) atoms. The fourth-order valence-electron chi connectivity index (χ4n) is 5.38. The summed E-state index contributed by atoms with van der Waals surface area (Å²) >= 11 is 1.68. The van der Waals surface area contributed by atoms with Gasteiger partial charge < -0.3 is 19.7 Å². The van der Waals surface area contributed by atoms with Gasteiger partial charge in [0.2, 0.25) is 11.3 Å². The van der Waals surface area contributed by atoms with Gasteiger partial charge in [-0.1, -0.05) is 0 Å². The van der Waals surface area contributed by atoms with E-state index in [0.717, 1.165) is 53.7 Å². The second-order valence-electron chi connectivity index (χ2n) is 9.89. The molecule has 194 valence electrons. The Hall–Kier alpha value is -3.98. The topological polar surface area (TPSA) is 111 Å². The number of thiophene rings is 1. The van der Waals surface area contributed by atoms with Crippen LogP contribution >= 0.6 is 11.3 Å². The number of aromatic nitrogens is 2. The van der Waals surface area contributed by atoms with Crippen molar-refractivity contribution in [1.82, 2.24) is 14.9 Å². The second kappa shape index (κ2) is 9.72. The van der Waals surface area contributed by atoms with E-state index in [2.05, 4.69) is 16.4 Å². The lowest BCUT2D eigenvalue weighted by Gasteiger charge is -2.23. The fraction of sp³-hybridized carbons (Fsp3) is 0.310. The quantitative estimate of drug-likeness (QED) is 0.352. The number of nitrogens with zero attached hydrogens (tertiary/aromatic N) is 2. The summed E-state index contributed by atoms with van der Waals surface area (Å²) in [6, 6.07) is 9.48. The average Bonchev–Trinajstić information content (AvgIpc) is 3.66. The molecule has 4 aromatic rings. The SMILES string of the molecule is COc1c(-c2cc3c(s2)CCCC3NC(=O)Cc2ccncc2)ccc2c(=O)c(C(=O)O)cn(C3CC3)c12. The van der Waals surface area contributed by atoms with E-state index in [1.807, 2.05) is 22.8 Å². The number of aromatic carboxylic acids is 1. The summed E-state index contributed by atoms with van der Waals surface area (Å²) in [6.45, 7) is 0. The zero-order chi connectivity index (χ0) is 26.4. The van der Waals surface area contributed by atoms with Crippen LogP contribution in [0.2, 0.25) is 0 Å². The van der Waals surface area contributed by atoms with Crippen LogP contribution in [0.1, 0.15) is 64.1 Å². The Labute approximate surface area is 222 Å². The van der Waals surface area contributed by atoms with Crippen molar-refractivity contribution < 1.29 is 19.4 Å². The van der Waals surface area contributed by atoms with Crippen LogP contribution in [0.25, 0.3) is 21.3 Å². The molecule has 2 aliphatic carbocycles. The van der Waals surface area contributed by atoms with Gasteiger partial charge in [-0.25, -0.2) is 4.79 Å². The summed E-state index contributed by atoms with van der Waals surface area (Å²) in [7, 11) is 1.58. The number of hydrogen-bond acceptors (Lipinski definition) is 6. The number of fused-ring (bicyclic) bond motifs is 2. The third kappa shape index (κ3) is 4.36. The Bertz CT molecular complexity index is 1620. The van der Waals surface area contributed by atoms with Crippen LogP contribution in [0.3, 0.4) is 0 Å². The third-order valence-corrected chi connectivity index (χ3v) is 8.59. The molecule has 1 atom stereocenters. The number of hydrogen-bond donors (Lipinski definition) is 2. The highest BCUT2D eigenvalue weighted by Crippen LogP contribution is 2.46. The van der Waals surface area contributed by atoms with Gasteiger partial charge in [0.25, 0.3) is 0 Å². The van der Waals surface area contributed by atoms with Gasteiger partial charge in [0.05, 0.1) is 30.5 Å². The molecule has 1 saturated carbocycles. The maximum absolute atomic E-state index is 13.0. The summed E-state index contributed by atoms with van der Waals surface area (Å²) < 4.78 is 7.80. The summed E-state index contributed by atoms with van der Waals surface area (Å²) in [5.41, 5.74) is 2.82. The molecule has 0 bridgehead atoms. The number of pyridine rings is 2. The molecule has 0 spiro atoms. The number of carboxylic acid groups (broad SMARTS) is 1. The Morgan fingerprint density at radius 3 is 2.68 bits per heavy atom. The van der Waals surface area contributed by atoms with E-state index in [0.29, 0.717) is 23.1 Å². The number of carbonyl (C=O) groups excluding carboxylic acids is 1. The lowest BCUT2D eigenvalue weighted by Crippen LogP contribution is -2.31. The van der Waals surface area contributed by atoms with E-state index in [1.54, 1.807) is 36.9 Å². The van der Waals surface area contributed by atoms with Gasteiger partial charge in [-0.05, 0) is 73.6 Å². The minimum Gasteiger partial charge on any atom is -0.494 e. The highest BCUT2D eigenvalue weighted by atomic mass is 32.1. The summed E-state index contributed by atoms with van der Waals surface area (Å²) in [5, 5.41) is 13.2. The molecule has 1 aromatic carbocycles. The number of rotatable bonds is 7. The maximum atomic E-state index is 13.0. The number of ether oxygens (including phenoxy) is 1. The standard InChI is InChI=1S/C29H27N3O5S/c1-37-28-18(7-8-19-26(28)32(17-5-6-17)15-21(27(19)34)29(35)36)24-14-20-22(3-2-4-23(20)38-24)31-25(33)13-16-9-11-30-12-10-16/h7-12,14-15,17,22H,2-6,13H2,1H3,(H,31,33)(H,35,36). The fourth-order valence-corrected chi connectivity index (χ4v) is 6.67. The molecule has 0 radical (unpaired) electrons. The van der Waals surface area contributed by atoms with Gasteiger partial charge in [0.1, 0.15) is 5.56 Å². The zero-order valence-corrected chi connectivity index (χ0v) is 21.7. The van der Waals surface area contributed by atoms with Gasteiger partial charge in [-0.15, -0.1) is 11.3 Å². The van der Waals surface area contributed by atoms with E-state index in [9.17, 15) is 19.5 Å². The number of benzene rings is 1. The van der Waals surface area contributed by atoms with Crippen LogP contribution in [0.15, 0.2) is 53.7 Å². The van der Waals surface area contributed by atoms with Crippen LogP contribution in [-0.4, -0.2) is 33.6 Å². The predicted octanol–water partition coefficient (Wildman–Crippen LogP) is 4.90. The first-order valence-electron chi connectivity index (χ1n) is 12.7. The predicted molar refractivity (Wildman–Crippen MR) is 145 cm³/mol. The lowest BCUT2D eigenvalue weighted by atomic mass is 9.93. The summed E-state index contributed by atoms with van der Waals surface area (Å²) in [4.78, 5) is 43.8. The van der Waals surface area contributed by atoms with Crippen LogP contribution in [0.5, 0.6) is 5.75 Å². The highest BCUT2D eigenvalue weighted by molar-refractivity contribution is 7.15. The molecular formula is C29H27N3O5S. The smallest absolute Gasteiger partial charge is 0.341 e. The molecule has 3 heterocycles. The van der Waals surface area contributed by atoms with Crippen LogP contribution in [-0.2, 0) is 17.6 Å². The molecule has 1 fully saturated rings. The average molecular weight is 530 g/mol. The largest absolute Gasteiger partial charge is 0.494 e. The molecule has 2 aliphatic rings. The highest BCUT2D eigenvalue weighted by Gasteiger charge is 2.30. The molecule has 0 saturated heterocycles. The first-order chi connectivity index (χ1) is 18.4. The number of carboxylic acids is 1. The second-order valence-corrected chi connectivity index (χ2v) is 11.0. The van der Waals surface area contributed by atoms with Crippen molar-refractivity contribution in [2.75, 3.05) is 7.11 Å². The van der Waals surface area contributed by atoms with Crippen LogP contribution < -0.4 is 15.5 Å². The van der Waals surface area contributed by atoms with E-state index in [1.165, 1.54) is 11.1 Å². The lowest BCUT2D eigenvalue weighted by molar-refractivity contribution is -0.121. The summed E-state index contributed by atoms with van der Waals surface area (Å²) in [5.74, 6) is -0.676. The molecule has 1 unspecified atom stereocenters. The molecule has 9 heteroatoms. The normalized spacial score (nSPS) is 16.7. The molecule has 1 amide bonds. The van der Waals surface area contributed by atoms with Crippen molar-refractivity contribution in [2.24, 2.45) is 0 Å². The Morgan fingerprint density at radius 2 is 1.97 bits per heavy atom. The van der Waals surface area contributed by atoms with E-state index >= 15 is 0 Å². The Kier molecular flexibility index (Phi) is 6.23. The molecular weight excluding hydrogens is 502 g/mol. The van der Waals surface area contributed by atoms with Crippen LogP contribution in [0, 0.1) is 0 Å². The van der Waals surface area contributed by atoms with Crippen molar-refractivity contribution in [3.63, 3.8) is 0 Å². The van der Waals surface area contributed by atoms with Gasteiger partial charge in [0, 0.05) is 40.0 Å². The third-order valence-electron chi connectivity index (χ3n) is 7.35. The number of nitrogens with one attached hydrogen (secondary N) is 1. The van der Waals surface area contributed by atoms with E-state index < -0.39 is 11.4 Å². The minimum absolute atomic E-state index is 0.0206. The van der Waals surface area contributed by atoms with E-state index in [4.69, 9.17) is 4.74 Å². The Morgan fingerprint density at radius 1 is 1.18 bits per heavy atom. The zero-order valence-electron chi connectivity index (χ0n) is 20.9. The number of amides is 1. The molecule has 0 aliphatic heterocycles. The van der Waals surface area contributed by atoms with Gasteiger partial charge >= 0.3 is 5.97 Å². The first-order valence-corrected chi connectivity index (χ1v) is 13.6. The van der Waals surface area contributed by atoms with Crippen molar-refractivity contribution in [1.29, 1.82) is 0 Å². The van der Waals surface area contributed by atoms with Gasteiger partial charge in [-0.2, -0.15) is 0 Å². The van der Waals surface area contributed by atoms with E-state index in [-0.39, 0.29) is 23.6 Å². The van der Waals surface area contributed by atoms with Crippen molar-refractivity contribution in [3.8, 4) is 16.2 Å². The number of aryl methyl sites for hydroxylation is 1. The molecule has 8 nitrogen and oxygen atoms in total. The molecule has 3 aromatic heterocycles. The monoisotopic (exact) mass is 529 g/mol. The molecule has 2 N–H and O–H groups in total. The summed E-state index contributed by atoms with van der Waals surface area (Å²) in [6.07, 6.45) is 9.81. The van der Waals surface area contributed by atoms with Gasteiger partial charge in [-0.3, -0.25) is 14.6 Å².